The Bertz CT molecular complexity index is 1630. The summed E-state index contributed by atoms with van der Waals surface area (Å²) < 4.78 is 40.9. The van der Waals surface area contributed by atoms with E-state index in [9.17, 15) is 18.0 Å². The highest BCUT2D eigenvalue weighted by atomic mass is 19.4. The van der Waals surface area contributed by atoms with Crippen LogP contribution in [0.15, 0.2) is 85.3 Å². The second-order valence-corrected chi connectivity index (χ2v) is 13.6. The van der Waals surface area contributed by atoms with Crippen molar-refractivity contribution in [1.29, 1.82) is 0 Å². The zero-order chi connectivity index (χ0) is 35.2. The number of amides is 1. The van der Waals surface area contributed by atoms with E-state index in [0.29, 0.717) is 16.8 Å². The molecule has 8 heteroatoms. The average molecular weight is 685 g/mol. The van der Waals surface area contributed by atoms with Crippen molar-refractivity contribution >= 4 is 17.3 Å². The van der Waals surface area contributed by atoms with E-state index in [1.54, 1.807) is 36.7 Å². The first-order valence-corrected chi connectivity index (χ1v) is 18.5. The van der Waals surface area contributed by atoms with Crippen molar-refractivity contribution in [3.05, 3.63) is 108 Å². The van der Waals surface area contributed by atoms with Crippen LogP contribution in [0, 0.1) is 0 Å². The first-order chi connectivity index (χ1) is 24.3. The quantitative estimate of drug-likeness (QED) is 0.0999. The van der Waals surface area contributed by atoms with Crippen molar-refractivity contribution in [2.24, 2.45) is 0 Å². The molecule has 4 aromatic rings. The van der Waals surface area contributed by atoms with Crippen LogP contribution in [0.4, 0.5) is 24.5 Å². The van der Waals surface area contributed by atoms with Crippen LogP contribution in [0.25, 0.3) is 11.1 Å². The van der Waals surface area contributed by atoms with E-state index < -0.39 is 17.6 Å². The number of unbranched alkanes of at least 4 members (excludes halogenated alkanes) is 11. The molecule has 266 valence electrons. The fraction of sp³-hybridized carbons (Fsp3) is 0.452. The highest BCUT2D eigenvalue weighted by molar-refractivity contribution is 6.09. The van der Waals surface area contributed by atoms with Crippen molar-refractivity contribution in [2.45, 2.75) is 109 Å². The lowest BCUT2D eigenvalue weighted by molar-refractivity contribution is -0.137. The van der Waals surface area contributed by atoms with Crippen LogP contribution in [0.1, 0.15) is 123 Å². The number of anilines is 2. The zero-order valence-corrected chi connectivity index (χ0v) is 29.4. The van der Waals surface area contributed by atoms with E-state index in [0.717, 1.165) is 61.4 Å². The number of carbonyl (C=O) groups is 1. The Morgan fingerprint density at radius 1 is 0.840 bits per heavy atom. The maximum Gasteiger partial charge on any atom is 0.416 e. The van der Waals surface area contributed by atoms with Crippen molar-refractivity contribution in [3.63, 3.8) is 0 Å². The van der Waals surface area contributed by atoms with Crippen LogP contribution in [0.5, 0.6) is 0 Å². The molecule has 5 rings (SSSR count). The molecule has 0 bridgehead atoms. The summed E-state index contributed by atoms with van der Waals surface area (Å²) in [6.45, 7) is 3.95. The Hall–Kier alpha value is -4.20. The van der Waals surface area contributed by atoms with Gasteiger partial charge in [0, 0.05) is 54.5 Å². The molecule has 0 saturated carbocycles. The lowest BCUT2D eigenvalue weighted by Crippen LogP contribution is -2.27. The minimum absolute atomic E-state index is 0.0160. The summed E-state index contributed by atoms with van der Waals surface area (Å²) >= 11 is 0. The average Bonchev–Trinajstić information content (AvgIpc) is 3.53. The van der Waals surface area contributed by atoms with Gasteiger partial charge in [0.05, 0.1) is 11.3 Å². The van der Waals surface area contributed by atoms with Crippen LogP contribution in [-0.4, -0.2) is 29.0 Å². The highest BCUT2D eigenvalue weighted by Gasteiger charge is 2.32. The molecule has 1 unspecified atom stereocenters. The molecule has 0 saturated heterocycles. The topological polar surface area (TPSA) is 58.1 Å². The Labute approximate surface area is 295 Å². The summed E-state index contributed by atoms with van der Waals surface area (Å²) in [6, 6.07) is 18.1. The van der Waals surface area contributed by atoms with Gasteiger partial charge in [0.2, 0.25) is 0 Å². The van der Waals surface area contributed by atoms with Gasteiger partial charge in [0.1, 0.15) is 0 Å². The Kier molecular flexibility index (Phi) is 13.9. The van der Waals surface area contributed by atoms with Gasteiger partial charge >= 0.3 is 6.18 Å². The molecule has 1 N–H and O–H groups in total. The maximum atomic E-state index is 13.6. The van der Waals surface area contributed by atoms with Gasteiger partial charge < -0.3 is 10.2 Å². The van der Waals surface area contributed by atoms with Gasteiger partial charge in [-0.15, -0.1) is 0 Å². The number of rotatable bonds is 19. The number of fused-ring (bicyclic) bond motifs is 1. The molecule has 1 aromatic heterocycles. The van der Waals surface area contributed by atoms with Gasteiger partial charge in [-0.3, -0.25) is 14.8 Å². The van der Waals surface area contributed by atoms with Crippen LogP contribution in [0.3, 0.4) is 0 Å². The second kappa shape index (κ2) is 18.7. The third-order valence-electron chi connectivity index (χ3n) is 9.85. The fourth-order valence-corrected chi connectivity index (χ4v) is 7.07. The van der Waals surface area contributed by atoms with E-state index >= 15 is 0 Å². The lowest BCUT2D eigenvalue weighted by Gasteiger charge is -2.26. The zero-order valence-electron chi connectivity index (χ0n) is 29.4. The van der Waals surface area contributed by atoms with E-state index in [-0.39, 0.29) is 11.5 Å². The van der Waals surface area contributed by atoms with Crippen molar-refractivity contribution < 1.29 is 18.0 Å². The first-order valence-electron chi connectivity index (χ1n) is 18.5. The van der Waals surface area contributed by atoms with Crippen LogP contribution < -0.4 is 10.2 Å². The molecular weight excluding hydrogens is 633 g/mol. The number of nitrogens with zero attached hydrogens (tertiary/aromatic N) is 3. The van der Waals surface area contributed by atoms with E-state index in [1.165, 1.54) is 76.7 Å². The fourth-order valence-electron chi connectivity index (χ4n) is 7.07. The molecule has 1 aliphatic rings. The predicted molar refractivity (Wildman–Crippen MR) is 198 cm³/mol. The van der Waals surface area contributed by atoms with Gasteiger partial charge in [0.15, 0.2) is 0 Å². The Balaban J connectivity index is 1.18. The van der Waals surface area contributed by atoms with Crippen LogP contribution >= 0.6 is 0 Å². The standard InChI is InChI=1S/C42H51F3N4O/c1-2-3-4-5-6-7-8-9-10-11-12-14-19-34(39-30-46-25-26-47-39)31-49-27-24-33-28-36(21-23-40(33)49)48-41(50)38-29-35(42(43,44)45)20-22-37(38)32-17-15-13-16-18-32/h13,15-18,20-23,25-26,28-30,34H,2-12,14,19,24,27,31H2,1H3,(H,48,50). The summed E-state index contributed by atoms with van der Waals surface area (Å²) in [6.07, 6.45) is 18.5. The molecule has 3 aromatic carbocycles. The van der Waals surface area contributed by atoms with Crippen molar-refractivity contribution in [2.75, 3.05) is 23.3 Å². The normalized spacial score (nSPS) is 13.3. The van der Waals surface area contributed by atoms with Gasteiger partial charge in [-0.2, -0.15) is 13.2 Å². The summed E-state index contributed by atoms with van der Waals surface area (Å²) in [5, 5.41) is 2.88. The van der Waals surface area contributed by atoms with Gasteiger partial charge in [-0.25, -0.2) is 0 Å². The van der Waals surface area contributed by atoms with Crippen molar-refractivity contribution in [1.82, 2.24) is 9.97 Å². The largest absolute Gasteiger partial charge is 0.416 e. The minimum Gasteiger partial charge on any atom is -0.370 e. The number of carbonyl (C=O) groups excluding carboxylic acids is 1. The third-order valence-corrected chi connectivity index (χ3v) is 9.85. The van der Waals surface area contributed by atoms with E-state index in [4.69, 9.17) is 0 Å². The molecule has 0 aliphatic carbocycles. The summed E-state index contributed by atoms with van der Waals surface area (Å²) in [7, 11) is 0. The molecule has 0 radical (unpaired) electrons. The third kappa shape index (κ3) is 10.6. The number of benzene rings is 3. The molecule has 1 aliphatic heterocycles. The second-order valence-electron chi connectivity index (χ2n) is 13.6. The highest BCUT2D eigenvalue weighted by Crippen LogP contribution is 2.36. The number of nitrogens with one attached hydrogen (secondary N) is 1. The molecule has 5 nitrogen and oxygen atoms in total. The lowest BCUT2D eigenvalue weighted by atomic mass is 9.96. The SMILES string of the molecule is CCCCCCCCCCCCCCC(CN1CCc2cc(NC(=O)c3cc(C(F)(F)F)ccc3-c3ccccc3)ccc21)c1cnccn1. The maximum absolute atomic E-state index is 13.6. The first kappa shape index (κ1) is 37.1. The Morgan fingerprint density at radius 3 is 2.20 bits per heavy atom. The number of halogens is 3. The summed E-state index contributed by atoms with van der Waals surface area (Å²) in [5.74, 6) is -0.315. The molecule has 50 heavy (non-hydrogen) atoms. The van der Waals surface area contributed by atoms with Gasteiger partial charge in [0.25, 0.3) is 5.91 Å². The molecule has 1 amide bonds. The smallest absolute Gasteiger partial charge is 0.370 e. The molecule has 0 fully saturated rings. The number of hydrogen-bond donors (Lipinski definition) is 1. The Morgan fingerprint density at radius 2 is 1.54 bits per heavy atom. The summed E-state index contributed by atoms with van der Waals surface area (Å²) in [5.41, 5.74) is 4.07. The predicted octanol–water partition coefficient (Wildman–Crippen LogP) is 11.7. The molecule has 2 heterocycles. The van der Waals surface area contributed by atoms with E-state index in [1.807, 2.05) is 30.5 Å². The summed E-state index contributed by atoms with van der Waals surface area (Å²) in [4.78, 5) is 24.9. The number of aromatic nitrogens is 2. The minimum atomic E-state index is -4.56. The van der Waals surface area contributed by atoms with Crippen molar-refractivity contribution in [3.8, 4) is 11.1 Å². The molecular formula is C42H51F3N4O. The molecule has 0 spiro atoms. The monoisotopic (exact) mass is 684 g/mol. The van der Waals surface area contributed by atoms with E-state index in [2.05, 4.69) is 27.1 Å². The van der Waals surface area contributed by atoms with Gasteiger partial charge in [-0.1, -0.05) is 120 Å². The number of alkyl halides is 3. The van der Waals surface area contributed by atoms with Gasteiger partial charge in [-0.05, 0) is 59.9 Å². The van der Waals surface area contributed by atoms with Crippen LogP contribution in [-0.2, 0) is 12.6 Å². The number of hydrogen-bond acceptors (Lipinski definition) is 4. The van der Waals surface area contributed by atoms with Crippen LogP contribution in [0.2, 0.25) is 0 Å². The molecule has 1 atom stereocenters.